The molecule has 39 heavy (non-hydrogen) atoms. The van der Waals surface area contributed by atoms with E-state index in [2.05, 4.69) is 79.2 Å². The number of benzene rings is 3. The third kappa shape index (κ3) is 7.72. The molecule has 0 unspecified atom stereocenters. The predicted molar refractivity (Wildman–Crippen MR) is 161 cm³/mol. The van der Waals surface area contributed by atoms with Crippen molar-refractivity contribution in [1.29, 1.82) is 0 Å². The summed E-state index contributed by atoms with van der Waals surface area (Å²) in [6.07, 6.45) is 4.88. The first-order chi connectivity index (χ1) is 18.7. The van der Waals surface area contributed by atoms with Gasteiger partial charge in [-0.15, -0.1) is 0 Å². The molecule has 0 fully saturated rings. The van der Waals surface area contributed by atoms with E-state index in [1.165, 1.54) is 16.6 Å². The highest BCUT2D eigenvalue weighted by atomic mass is 16.5. The second-order valence-corrected chi connectivity index (χ2v) is 11.5. The molecule has 0 aliphatic carbocycles. The van der Waals surface area contributed by atoms with Gasteiger partial charge in [-0.3, -0.25) is 4.79 Å². The molecule has 1 aromatic heterocycles. The first-order valence-corrected chi connectivity index (χ1v) is 14.3. The largest absolute Gasteiger partial charge is 0.494 e. The third-order valence-corrected chi connectivity index (χ3v) is 7.24. The summed E-state index contributed by atoms with van der Waals surface area (Å²) in [6, 6.07) is 22.8. The second-order valence-electron chi connectivity index (χ2n) is 11.5. The van der Waals surface area contributed by atoms with E-state index in [1.54, 1.807) is 0 Å². The second kappa shape index (κ2) is 13.0. The minimum absolute atomic E-state index is 0.0154. The van der Waals surface area contributed by atoms with Crippen LogP contribution in [0.25, 0.3) is 11.0 Å². The lowest BCUT2D eigenvalue weighted by molar-refractivity contribution is 0.0952. The minimum Gasteiger partial charge on any atom is -0.494 e. The van der Waals surface area contributed by atoms with Crippen LogP contribution < -0.4 is 10.1 Å². The van der Waals surface area contributed by atoms with Crippen LogP contribution in [0, 0.1) is 13.8 Å². The van der Waals surface area contributed by atoms with Crippen molar-refractivity contribution in [2.24, 2.45) is 0 Å². The Morgan fingerprint density at radius 3 is 2.44 bits per heavy atom. The lowest BCUT2D eigenvalue weighted by Gasteiger charge is -2.19. The van der Waals surface area contributed by atoms with E-state index in [0.29, 0.717) is 13.2 Å². The van der Waals surface area contributed by atoms with Crippen LogP contribution in [0.3, 0.4) is 0 Å². The van der Waals surface area contributed by atoms with Gasteiger partial charge in [-0.2, -0.15) is 0 Å². The Morgan fingerprint density at radius 1 is 0.923 bits per heavy atom. The van der Waals surface area contributed by atoms with Crippen molar-refractivity contribution < 1.29 is 9.53 Å². The van der Waals surface area contributed by atoms with Crippen LogP contribution in [0.1, 0.15) is 79.3 Å². The number of nitrogens with zero attached hydrogens (tertiary/aromatic N) is 2. The molecule has 1 amide bonds. The van der Waals surface area contributed by atoms with Crippen molar-refractivity contribution in [2.75, 3.05) is 13.2 Å². The minimum atomic E-state index is 0.0154. The maximum atomic E-state index is 12.5. The van der Waals surface area contributed by atoms with Crippen LogP contribution in [0.5, 0.6) is 5.75 Å². The predicted octanol–water partition coefficient (Wildman–Crippen LogP) is 7.56. The lowest BCUT2D eigenvalue weighted by atomic mass is 9.87. The van der Waals surface area contributed by atoms with Crippen molar-refractivity contribution in [2.45, 2.75) is 78.7 Å². The normalized spacial score (nSPS) is 11.6. The number of ether oxygens (including phenoxy) is 1. The number of hydrogen-bond acceptors (Lipinski definition) is 3. The number of para-hydroxylation sites is 2. The standard InChI is InChI=1S/C34H43N3O2/c1-25-15-20-29(26(2)24-25)33(38)35-21-10-6-7-14-32-36-30-12-8-9-13-31(30)37(32)22-11-23-39-28-18-16-27(17-19-28)34(3,4)5/h8-9,12-13,15-20,24H,6-7,10-11,14,21-23H2,1-5H3,(H,35,38). The Morgan fingerprint density at radius 2 is 1.69 bits per heavy atom. The van der Waals surface area contributed by atoms with Crippen LogP contribution in [-0.4, -0.2) is 28.6 Å². The molecule has 0 atom stereocenters. The van der Waals surface area contributed by atoms with Crippen molar-refractivity contribution in [3.05, 3.63) is 94.8 Å². The molecule has 1 N–H and O–H groups in total. The van der Waals surface area contributed by atoms with Crippen molar-refractivity contribution in [1.82, 2.24) is 14.9 Å². The SMILES string of the molecule is Cc1ccc(C(=O)NCCCCCc2nc3ccccc3n2CCCOc2ccc(C(C)(C)C)cc2)c(C)c1. The number of rotatable bonds is 12. The molecule has 0 aliphatic heterocycles. The number of aryl methyl sites for hydroxylation is 4. The molecule has 0 radical (unpaired) electrons. The maximum absolute atomic E-state index is 12.5. The number of imidazole rings is 1. The Labute approximate surface area is 233 Å². The average Bonchev–Trinajstić information content (AvgIpc) is 3.25. The van der Waals surface area contributed by atoms with E-state index in [0.717, 1.165) is 66.9 Å². The van der Waals surface area contributed by atoms with Crippen molar-refractivity contribution in [3.63, 3.8) is 0 Å². The summed E-state index contributed by atoms with van der Waals surface area (Å²) in [4.78, 5) is 17.4. The van der Waals surface area contributed by atoms with E-state index in [9.17, 15) is 4.79 Å². The van der Waals surface area contributed by atoms with E-state index >= 15 is 0 Å². The molecule has 5 nitrogen and oxygen atoms in total. The number of hydrogen-bond donors (Lipinski definition) is 1. The van der Waals surface area contributed by atoms with Gasteiger partial charge < -0.3 is 14.6 Å². The van der Waals surface area contributed by atoms with E-state index in [4.69, 9.17) is 9.72 Å². The third-order valence-electron chi connectivity index (χ3n) is 7.24. The molecule has 0 spiro atoms. The summed E-state index contributed by atoms with van der Waals surface area (Å²) < 4.78 is 8.40. The summed E-state index contributed by atoms with van der Waals surface area (Å²) in [7, 11) is 0. The topological polar surface area (TPSA) is 56.2 Å². The molecule has 1 heterocycles. The van der Waals surface area contributed by atoms with Gasteiger partial charge >= 0.3 is 0 Å². The smallest absolute Gasteiger partial charge is 0.251 e. The average molecular weight is 526 g/mol. The maximum Gasteiger partial charge on any atom is 0.251 e. The number of carbonyl (C=O) groups excluding carboxylic acids is 1. The summed E-state index contributed by atoms with van der Waals surface area (Å²) in [5, 5.41) is 3.08. The summed E-state index contributed by atoms with van der Waals surface area (Å²) >= 11 is 0. The molecule has 0 aliphatic rings. The van der Waals surface area contributed by atoms with Gasteiger partial charge in [0.1, 0.15) is 11.6 Å². The number of amides is 1. The fourth-order valence-corrected chi connectivity index (χ4v) is 4.98. The van der Waals surface area contributed by atoms with Crippen LogP contribution in [0.4, 0.5) is 0 Å². The summed E-state index contributed by atoms with van der Waals surface area (Å²) in [6.45, 7) is 12.9. The molecule has 4 aromatic rings. The van der Waals surface area contributed by atoms with Crippen LogP contribution in [0.15, 0.2) is 66.7 Å². The molecule has 3 aromatic carbocycles. The van der Waals surface area contributed by atoms with Gasteiger partial charge in [0.15, 0.2) is 0 Å². The van der Waals surface area contributed by atoms with Gasteiger partial charge in [-0.05, 0) is 80.0 Å². The fraction of sp³-hybridized carbons (Fsp3) is 0.412. The van der Waals surface area contributed by atoms with Gasteiger partial charge in [0.25, 0.3) is 5.91 Å². The number of carbonyl (C=O) groups is 1. The zero-order valence-corrected chi connectivity index (χ0v) is 24.2. The molecule has 206 valence electrons. The number of aromatic nitrogens is 2. The highest BCUT2D eigenvalue weighted by Gasteiger charge is 2.14. The van der Waals surface area contributed by atoms with Crippen molar-refractivity contribution >= 4 is 16.9 Å². The fourth-order valence-electron chi connectivity index (χ4n) is 4.98. The first-order valence-electron chi connectivity index (χ1n) is 14.3. The molecule has 4 rings (SSSR count). The Bertz CT molecular complexity index is 1380. The van der Waals surface area contributed by atoms with E-state index < -0.39 is 0 Å². The van der Waals surface area contributed by atoms with Gasteiger partial charge in [0.05, 0.1) is 17.6 Å². The molecule has 5 heteroatoms. The molecule has 0 saturated heterocycles. The molecular formula is C34H43N3O2. The van der Waals surface area contributed by atoms with Crippen LogP contribution >= 0.6 is 0 Å². The zero-order valence-electron chi connectivity index (χ0n) is 24.2. The van der Waals surface area contributed by atoms with E-state index in [1.807, 2.05) is 32.0 Å². The Kier molecular flexibility index (Phi) is 9.45. The van der Waals surface area contributed by atoms with E-state index in [-0.39, 0.29) is 11.3 Å². The monoisotopic (exact) mass is 525 g/mol. The molecular weight excluding hydrogens is 482 g/mol. The Hall–Kier alpha value is -3.60. The quantitative estimate of drug-likeness (QED) is 0.194. The molecule has 0 saturated carbocycles. The highest BCUT2D eigenvalue weighted by Crippen LogP contribution is 2.24. The van der Waals surface area contributed by atoms with Crippen LogP contribution in [0.2, 0.25) is 0 Å². The van der Waals surface area contributed by atoms with Crippen LogP contribution in [-0.2, 0) is 18.4 Å². The van der Waals surface area contributed by atoms with Gasteiger partial charge in [-0.25, -0.2) is 4.98 Å². The Balaban J connectivity index is 1.24. The lowest BCUT2D eigenvalue weighted by Crippen LogP contribution is -2.25. The number of unbranched alkanes of at least 4 members (excludes halogenated alkanes) is 2. The summed E-state index contributed by atoms with van der Waals surface area (Å²) in [5.74, 6) is 2.06. The van der Waals surface area contributed by atoms with Gasteiger partial charge in [0, 0.05) is 25.1 Å². The van der Waals surface area contributed by atoms with Gasteiger partial charge in [-0.1, -0.05) is 69.2 Å². The first kappa shape index (κ1) is 28.4. The highest BCUT2D eigenvalue weighted by molar-refractivity contribution is 5.95. The number of nitrogens with one attached hydrogen (secondary N) is 1. The number of fused-ring (bicyclic) bond motifs is 1. The van der Waals surface area contributed by atoms with Gasteiger partial charge in [0.2, 0.25) is 0 Å². The zero-order chi connectivity index (χ0) is 27.8. The van der Waals surface area contributed by atoms with Crippen molar-refractivity contribution in [3.8, 4) is 5.75 Å². The molecule has 0 bridgehead atoms. The summed E-state index contributed by atoms with van der Waals surface area (Å²) in [5.41, 5.74) is 6.65.